The topological polar surface area (TPSA) is 96.5 Å². The molecule has 1 atom stereocenters. The van der Waals surface area contributed by atoms with E-state index in [-0.39, 0.29) is 28.4 Å². The smallest absolute Gasteiger partial charge is 0.245 e. The Morgan fingerprint density at radius 1 is 1.00 bits per heavy atom. The van der Waals surface area contributed by atoms with Gasteiger partial charge < -0.3 is 10.8 Å². The van der Waals surface area contributed by atoms with Crippen LogP contribution in [0.1, 0.15) is 19.3 Å². The van der Waals surface area contributed by atoms with Crippen LogP contribution in [0.5, 0.6) is 0 Å². The van der Waals surface area contributed by atoms with Crippen molar-refractivity contribution in [3.8, 4) is 22.3 Å². The standard InChI is InChI=1S/C22H21F2N3O3S/c23-18-11-14(8-9-16(18)15-12-19(24)22(25)26-13-15)17-5-1-2-6-20(17)31(29,30)27-10-4-3-7-21(27)28/h1-2,5-6,8-9,11-13,21,28H,3-4,7,10H2,(H2,25,26). The third-order valence-corrected chi connectivity index (χ3v) is 7.31. The predicted octanol–water partition coefficient (Wildman–Crippen LogP) is 3.77. The molecule has 1 unspecified atom stereocenters. The molecule has 0 spiro atoms. The van der Waals surface area contributed by atoms with Crippen molar-refractivity contribution in [2.75, 3.05) is 12.3 Å². The fraction of sp³-hybridized carbons (Fsp3) is 0.227. The van der Waals surface area contributed by atoms with Crippen molar-refractivity contribution >= 4 is 15.8 Å². The van der Waals surface area contributed by atoms with Gasteiger partial charge in [-0.25, -0.2) is 22.2 Å². The van der Waals surface area contributed by atoms with Crippen LogP contribution in [-0.4, -0.2) is 35.6 Å². The molecule has 2 heterocycles. The first kappa shape index (κ1) is 21.4. The molecule has 0 bridgehead atoms. The summed E-state index contributed by atoms with van der Waals surface area (Å²) >= 11 is 0. The van der Waals surface area contributed by atoms with Crippen molar-refractivity contribution in [2.24, 2.45) is 0 Å². The zero-order chi connectivity index (χ0) is 22.2. The average molecular weight is 445 g/mol. The van der Waals surface area contributed by atoms with Crippen molar-refractivity contribution < 1.29 is 22.3 Å². The van der Waals surface area contributed by atoms with Gasteiger partial charge in [-0.1, -0.05) is 30.3 Å². The van der Waals surface area contributed by atoms with Crippen LogP contribution in [0.4, 0.5) is 14.6 Å². The van der Waals surface area contributed by atoms with Gasteiger partial charge in [0, 0.05) is 29.4 Å². The molecule has 6 nitrogen and oxygen atoms in total. The number of nitrogens with two attached hydrogens (primary N) is 1. The Labute approximate surface area is 179 Å². The number of aliphatic hydroxyl groups excluding tert-OH is 1. The monoisotopic (exact) mass is 445 g/mol. The Bertz CT molecular complexity index is 1230. The third-order valence-electron chi connectivity index (χ3n) is 5.36. The Morgan fingerprint density at radius 2 is 1.74 bits per heavy atom. The van der Waals surface area contributed by atoms with Gasteiger partial charge >= 0.3 is 0 Å². The minimum atomic E-state index is -3.99. The van der Waals surface area contributed by atoms with Gasteiger partial charge in [-0.15, -0.1) is 0 Å². The Balaban J connectivity index is 1.76. The molecular weight excluding hydrogens is 424 g/mol. The van der Waals surface area contributed by atoms with Crippen LogP contribution in [0.3, 0.4) is 0 Å². The van der Waals surface area contributed by atoms with Gasteiger partial charge in [0.25, 0.3) is 0 Å². The molecule has 3 N–H and O–H groups in total. The van der Waals surface area contributed by atoms with Crippen LogP contribution < -0.4 is 5.73 Å². The second-order valence-corrected chi connectivity index (χ2v) is 9.23. The van der Waals surface area contributed by atoms with E-state index < -0.39 is 27.9 Å². The zero-order valence-corrected chi connectivity index (χ0v) is 17.3. The fourth-order valence-corrected chi connectivity index (χ4v) is 5.50. The molecule has 1 aromatic heterocycles. The molecule has 0 saturated carbocycles. The number of hydrogen-bond acceptors (Lipinski definition) is 5. The summed E-state index contributed by atoms with van der Waals surface area (Å²) in [6.07, 6.45) is 1.97. The second kappa shape index (κ2) is 8.33. The second-order valence-electron chi connectivity index (χ2n) is 7.37. The molecule has 31 heavy (non-hydrogen) atoms. The van der Waals surface area contributed by atoms with Crippen LogP contribution >= 0.6 is 0 Å². The lowest BCUT2D eigenvalue weighted by atomic mass is 10.0. The first-order valence-electron chi connectivity index (χ1n) is 9.79. The van der Waals surface area contributed by atoms with E-state index in [2.05, 4.69) is 4.98 Å². The largest absolute Gasteiger partial charge is 0.381 e. The summed E-state index contributed by atoms with van der Waals surface area (Å²) in [6, 6.07) is 11.6. The number of rotatable bonds is 4. The molecular formula is C22H21F2N3O3S. The van der Waals surface area contributed by atoms with Crippen LogP contribution in [0.25, 0.3) is 22.3 Å². The van der Waals surface area contributed by atoms with Crippen molar-refractivity contribution in [2.45, 2.75) is 30.4 Å². The lowest BCUT2D eigenvalue weighted by Crippen LogP contribution is -2.43. The number of nitrogen functional groups attached to an aromatic ring is 1. The number of hydrogen-bond donors (Lipinski definition) is 2. The molecule has 3 aromatic rings. The molecule has 0 radical (unpaired) electrons. The number of halogens is 2. The molecule has 0 aliphatic carbocycles. The Kier molecular flexibility index (Phi) is 5.74. The highest BCUT2D eigenvalue weighted by Gasteiger charge is 2.33. The number of anilines is 1. The van der Waals surface area contributed by atoms with Crippen LogP contribution in [-0.2, 0) is 10.0 Å². The SMILES string of the molecule is Nc1ncc(-c2ccc(-c3ccccc3S(=O)(=O)N3CCCCC3O)cc2F)cc1F. The van der Waals surface area contributed by atoms with Crippen molar-refractivity contribution in [1.29, 1.82) is 0 Å². The number of sulfonamides is 1. The Hall–Kier alpha value is -2.88. The minimum Gasteiger partial charge on any atom is -0.381 e. The van der Waals surface area contributed by atoms with Gasteiger partial charge in [-0.2, -0.15) is 4.31 Å². The van der Waals surface area contributed by atoms with Crippen LogP contribution in [0.15, 0.2) is 59.6 Å². The van der Waals surface area contributed by atoms with E-state index >= 15 is 0 Å². The normalized spacial score (nSPS) is 17.6. The summed E-state index contributed by atoms with van der Waals surface area (Å²) in [6.45, 7) is 0.223. The van der Waals surface area contributed by atoms with Crippen LogP contribution in [0.2, 0.25) is 0 Å². The minimum absolute atomic E-state index is 0.0108. The lowest BCUT2D eigenvalue weighted by molar-refractivity contribution is 0.0334. The highest BCUT2D eigenvalue weighted by molar-refractivity contribution is 7.89. The number of benzene rings is 2. The third kappa shape index (κ3) is 4.04. The van der Waals surface area contributed by atoms with Gasteiger partial charge in [0.2, 0.25) is 10.0 Å². The number of nitrogens with zero attached hydrogens (tertiary/aromatic N) is 2. The summed E-state index contributed by atoms with van der Waals surface area (Å²) < 4.78 is 56.2. The number of aromatic nitrogens is 1. The lowest BCUT2D eigenvalue weighted by Gasteiger charge is -2.31. The highest BCUT2D eigenvalue weighted by Crippen LogP contribution is 2.34. The quantitative estimate of drug-likeness (QED) is 0.637. The highest BCUT2D eigenvalue weighted by atomic mass is 32.2. The summed E-state index contributed by atoms with van der Waals surface area (Å²) in [4.78, 5) is 3.70. The van der Waals surface area contributed by atoms with E-state index in [1.807, 2.05) is 0 Å². The fourth-order valence-electron chi connectivity index (χ4n) is 3.74. The van der Waals surface area contributed by atoms with E-state index in [1.165, 1.54) is 24.4 Å². The van der Waals surface area contributed by atoms with E-state index in [0.717, 1.165) is 16.8 Å². The summed E-state index contributed by atoms with van der Waals surface area (Å²) in [5, 5.41) is 10.2. The van der Waals surface area contributed by atoms with Gasteiger partial charge in [0.1, 0.15) is 12.0 Å². The van der Waals surface area contributed by atoms with Gasteiger partial charge in [-0.05, 0) is 43.0 Å². The maximum atomic E-state index is 14.9. The first-order valence-corrected chi connectivity index (χ1v) is 11.2. The first-order chi connectivity index (χ1) is 14.8. The maximum absolute atomic E-state index is 14.9. The van der Waals surface area contributed by atoms with Crippen molar-refractivity contribution in [3.05, 3.63) is 66.4 Å². The van der Waals surface area contributed by atoms with E-state index in [4.69, 9.17) is 5.73 Å². The maximum Gasteiger partial charge on any atom is 0.245 e. The summed E-state index contributed by atoms with van der Waals surface area (Å²) in [7, 11) is -3.99. The molecule has 0 amide bonds. The van der Waals surface area contributed by atoms with Crippen molar-refractivity contribution in [3.63, 3.8) is 0 Å². The van der Waals surface area contributed by atoms with Crippen LogP contribution in [0, 0.1) is 11.6 Å². The predicted molar refractivity (Wildman–Crippen MR) is 113 cm³/mol. The average Bonchev–Trinajstić information content (AvgIpc) is 2.76. The Morgan fingerprint density at radius 3 is 2.45 bits per heavy atom. The molecule has 2 aromatic carbocycles. The molecule has 1 fully saturated rings. The number of pyridine rings is 1. The molecule has 9 heteroatoms. The molecule has 4 rings (SSSR count). The molecule has 1 saturated heterocycles. The summed E-state index contributed by atoms with van der Waals surface area (Å²) in [5.41, 5.74) is 6.36. The molecule has 1 aliphatic heterocycles. The van der Waals surface area contributed by atoms with E-state index in [9.17, 15) is 22.3 Å². The summed E-state index contributed by atoms with van der Waals surface area (Å²) in [5.74, 6) is -1.69. The molecule has 162 valence electrons. The van der Waals surface area contributed by atoms with Gasteiger partial charge in [0.05, 0.1) is 4.90 Å². The van der Waals surface area contributed by atoms with Gasteiger partial charge in [-0.3, -0.25) is 0 Å². The zero-order valence-electron chi connectivity index (χ0n) is 16.5. The molecule has 1 aliphatic rings. The van der Waals surface area contributed by atoms with Gasteiger partial charge in [0.15, 0.2) is 11.6 Å². The van der Waals surface area contributed by atoms with Crippen molar-refractivity contribution in [1.82, 2.24) is 9.29 Å². The van der Waals surface area contributed by atoms with E-state index in [0.29, 0.717) is 24.0 Å². The van der Waals surface area contributed by atoms with E-state index in [1.54, 1.807) is 24.3 Å². The number of piperidine rings is 1. The number of aliphatic hydroxyl groups is 1.